The summed E-state index contributed by atoms with van der Waals surface area (Å²) < 4.78 is 25.8. The number of oxazole rings is 1. The molecule has 0 saturated heterocycles. The van der Waals surface area contributed by atoms with Crippen molar-refractivity contribution in [2.45, 2.75) is 25.5 Å². The second kappa shape index (κ2) is 3.82. The highest BCUT2D eigenvalue weighted by Gasteiger charge is 2.11. The van der Waals surface area contributed by atoms with Gasteiger partial charge in [-0.2, -0.15) is 0 Å². The van der Waals surface area contributed by atoms with Gasteiger partial charge >= 0.3 is 0 Å². The molecule has 0 bridgehead atoms. The van der Waals surface area contributed by atoms with Gasteiger partial charge < -0.3 is 8.97 Å². The molecule has 0 aliphatic carbocycles. The van der Waals surface area contributed by atoms with E-state index in [0.717, 1.165) is 0 Å². The number of nitrogens with zero attached hydrogens (tertiary/aromatic N) is 1. The lowest BCUT2D eigenvalue weighted by atomic mass is 10.1. The zero-order chi connectivity index (χ0) is 9.14. The molecule has 0 aromatic carbocycles. The van der Waals surface area contributed by atoms with Gasteiger partial charge in [0.15, 0.2) is 6.39 Å². The van der Waals surface area contributed by atoms with Crippen molar-refractivity contribution in [1.82, 2.24) is 4.98 Å². The topological polar surface area (TPSA) is 66.2 Å². The second-order valence-corrected chi connectivity index (χ2v) is 3.66. The molecular weight excluding hydrogens is 178 g/mol. The zero-order valence-corrected chi connectivity index (χ0v) is 7.76. The fourth-order valence-corrected chi connectivity index (χ4v) is 1.41. The summed E-state index contributed by atoms with van der Waals surface area (Å²) in [6.45, 7) is 3.86. The van der Waals surface area contributed by atoms with Crippen LogP contribution in [0.15, 0.2) is 10.8 Å². The normalized spacial score (nSPS) is 13.7. The molecule has 5 heteroatoms. The molecule has 0 aliphatic rings. The predicted octanol–water partition coefficient (Wildman–Crippen LogP) is 1.18. The molecule has 1 atom stereocenters. The van der Waals surface area contributed by atoms with Crippen LogP contribution in [0.3, 0.4) is 0 Å². The van der Waals surface area contributed by atoms with Crippen molar-refractivity contribution in [3.05, 3.63) is 17.8 Å². The summed E-state index contributed by atoms with van der Waals surface area (Å²) in [4.78, 5) is 3.82. The first-order valence-corrected chi connectivity index (χ1v) is 4.83. The van der Waals surface area contributed by atoms with Gasteiger partial charge in [-0.15, -0.1) is 0 Å². The summed E-state index contributed by atoms with van der Waals surface area (Å²) in [5.41, 5.74) is 0.512. The highest BCUT2D eigenvalue weighted by atomic mass is 32.2. The summed E-state index contributed by atoms with van der Waals surface area (Å²) in [6, 6.07) is 0. The van der Waals surface area contributed by atoms with Gasteiger partial charge in [0.25, 0.3) is 0 Å². The van der Waals surface area contributed by atoms with Crippen LogP contribution in [-0.4, -0.2) is 13.7 Å². The van der Waals surface area contributed by atoms with Crippen LogP contribution in [0.1, 0.15) is 31.2 Å². The minimum absolute atomic E-state index is 0.0655. The number of aromatic nitrogens is 1. The van der Waals surface area contributed by atoms with E-state index in [1.807, 2.05) is 13.8 Å². The van der Waals surface area contributed by atoms with E-state index >= 15 is 0 Å². The SMILES string of the molecule is CC(C)c1ocnc1CS(=O)[O-]. The Morgan fingerprint density at radius 1 is 1.75 bits per heavy atom. The van der Waals surface area contributed by atoms with Crippen LogP contribution in [-0.2, 0) is 16.8 Å². The van der Waals surface area contributed by atoms with Crippen LogP contribution in [0.2, 0.25) is 0 Å². The van der Waals surface area contributed by atoms with Gasteiger partial charge in [-0.25, -0.2) is 4.98 Å². The molecular formula is C7H10NO3S-. The van der Waals surface area contributed by atoms with E-state index in [1.54, 1.807) is 0 Å². The molecule has 0 N–H and O–H groups in total. The van der Waals surface area contributed by atoms with Crippen molar-refractivity contribution < 1.29 is 13.2 Å². The zero-order valence-electron chi connectivity index (χ0n) is 6.94. The molecule has 68 valence electrons. The maximum Gasteiger partial charge on any atom is 0.181 e. The van der Waals surface area contributed by atoms with Crippen molar-refractivity contribution in [2.75, 3.05) is 0 Å². The average molecular weight is 188 g/mol. The average Bonchev–Trinajstić information content (AvgIpc) is 2.33. The Morgan fingerprint density at radius 2 is 2.42 bits per heavy atom. The van der Waals surface area contributed by atoms with Gasteiger partial charge in [-0.05, 0) is 11.1 Å². The number of hydrogen-bond acceptors (Lipinski definition) is 4. The van der Waals surface area contributed by atoms with E-state index in [-0.39, 0.29) is 11.7 Å². The highest BCUT2D eigenvalue weighted by molar-refractivity contribution is 7.78. The van der Waals surface area contributed by atoms with Crippen molar-refractivity contribution in [1.29, 1.82) is 0 Å². The first kappa shape index (κ1) is 9.41. The van der Waals surface area contributed by atoms with E-state index in [4.69, 9.17) is 4.42 Å². The Balaban J connectivity index is 2.84. The summed E-state index contributed by atoms with van der Waals surface area (Å²) in [6.07, 6.45) is 1.28. The highest BCUT2D eigenvalue weighted by Crippen LogP contribution is 2.18. The largest absolute Gasteiger partial charge is 0.772 e. The van der Waals surface area contributed by atoms with Gasteiger partial charge in [-0.1, -0.05) is 13.8 Å². The molecule has 1 rings (SSSR count). The van der Waals surface area contributed by atoms with Crippen molar-refractivity contribution in [2.24, 2.45) is 0 Å². The first-order chi connectivity index (χ1) is 5.61. The van der Waals surface area contributed by atoms with Crippen molar-refractivity contribution in [3.8, 4) is 0 Å². The van der Waals surface area contributed by atoms with Crippen LogP contribution in [0.25, 0.3) is 0 Å². The van der Waals surface area contributed by atoms with E-state index in [1.165, 1.54) is 6.39 Å². The molecule has 12 heavy (non-hydrogen) atoms. The summed E-state index contributed by atoms with van der Waals surface area (Å²) in [5.74, 6) is 0.759. The number of hydrogen-bond donors (Lipinski definition) is 0. The molecule has 0 aliphatic heterocycles. The van der Waals surface area contributed by atoms with E-state index in [0.29, 0.717) is 11.5 Å². The smallest absolute Gasteiger partial charge is 0.181 e. The van der Waals surface area contributed by atoms with Gasteiger partial charge in [0, 0.05) is 5.92 Å². The Hall–Kier alpha value is -0.680. The predicted molar refractivity (Wildman–Crippen MR) is 43.2 cm³/mol. The summed E-state index contributed by atoms with van der Waals surface area (Å²) >= 11 is -2.09. The van der Waals surface area contributed by atoms with Crippen molar-refractivity contribution >= 4 is 11.1 Å². The molecule has 0 spiro atoms. The lowest BCUT2D eigenvalue weighted by Crippen LogP contribution is -1.98. The van der Waals surface area contributed by atoms with Crippen LogP contribution in [0, 0.1) is 0 Å². The van der Waals surface area contributed by atoms with E-state index in [9.17, 15) is 8.76 Å². The van der Waals surface area contributed by atoms with Gasteiger partial charge in [-0.3, -0.25) is 4.21 Å². The molecule has 0 radical (unpaired) electrons. The molecule has 1 unspecified atom stereocenters. The second-order valence-electron chi connectivity index (χ2n) is 2.77. The standard InChI is InChI=1S/C7H11NO3S/c1-5(2)7-6(3-12(9)10)8-4-11-7/h4-5H,3H2,1-2H3,(H,9,10)/p-1. The first-order valence-electron chi connectivity index (χ1n) is 3.59. The van der Waals surface area contributed by atoms with E-state index in [2.05, 4.69) is 4.98 Å². The molecule has 4 nitrogen and oxygen atoms in total. The monoisotopic (exact) mass is 188 g/mol. The fraction of sp³-hybridized carbons (Fsp3) is 0.571. The van der Waals surface area contributed by atoms with Gasteiger partial charge in [0.2, 0.25) is 0 Å². The molecule has 0 amide bonds. The maximum absolute atomic E-state index is 10.4. The molecule has 1 aromatic heterocycles. The Kier molecular flexibility index (Phi) is 2.99. The minimum Gasteiger partial charge on any atom is -0.772 e. The lowest BCUT2D eigenvalue weighted by Gasteiger charge is -2.05. The third-order valence-corrected chi connectivity index (χ3v) is 1.96. The molecule has 0 fully saturated rings. The molecule has 1 aromatic rings. The Bertz CT molecular complexity index is 282. The Labute approximate surface area is 73.3 Å². The van der Waals surface area contributed by atoms with Crippen molar-refractivity contribution in [3.63, 3.8) is 0 Å². The van der Waals surface area contributed by atoms with Crippen LogP contribution in [0.5, 0.6) is 0 Å². The van der Waals surface area contributed by atoms with Crippen LogP contribution in [0.4, 0.5) is 0 Å². The van der Waals surface area contributed by atoms with E-state index < -0.39 is 11.1 Å². The third-order valence-electron chi connectivity index (χ3n) is 1.45. The quantitative estimate of drug-likeness (QED) is 0.668. The molecule has 0 saturated carbocycles. The van der Waals surface area contributed by atoms with Gasteiger partial charge in [0.05, 0.1) is 11.4 Å². The summed E-state index contributed by atoms with van der Waals surface area (Å²) in [7, 11) is 0. The third kappa shape index (κ3) is 2.15. The lowest BCUT2D eigenvalue weighted by molar-refractivity contribution is 0.479. The summed E-state index contributed by atoms with van der Waals surface area (Å²) in [5, 5.41) is 0. The fourth-order valence-electron chi connectivity index (χ4n) is 0.968. The van der Waals surface area contributed by atoms with Crippen LogP contribution >= 0.6 is 0 Å². The van der Waals surface area contributed by atoms with Crippen LogP contribution < -0.4 is 0 Å². The minimum atomic E-state index is -2.09. The number of rotatable bonds is 3. The maximum atomic E-state index is 10.4. The molecule has 1 heterocycles. The Morgan fingerprint density at radius 3 is 2.92 bits per heavy atom. The van der Waals surface area contributed by atoms with Gasteiger partial charge in [0.1, 0.15) is 5.76 Å².